The topological polar surface area (TPSA) is 52.8 Å². The van der Waals surface area contributed by atoms with Crippen LogP contribution in [-0.4, -0.2) is 36.5 Å². The Labute approximate surface area is 182 Å². The van der Waals surface area contributed by atoms with Crippen molar-refractivity contribution in [2.45, 2.75) is 38.4 Å². The first-order valence-corrected chi connectivity index (χ1v) is 11.6. The maximum Gasteiger partial charge on any atom is 0.191 e. The Bertz CT molecular complexity index is 869. The quantitative estimate of drug-likeness (QED) is 0.420. The number of hydrogen-bond donors (Lipinski definition) is 2. The van der Waals surface area contributed by atoms with Crippen LogP contribution >= 0.6 is 11.3 Å². The number of aliphatic imine (C=N–C) groups is 1. The number of thiophene rings is 1. The van der Waals surface area contributed by atoms with Crippen molar-refractivity contribution < 1.29 is 4.42 Å². The zero-order valence-electron chi connectivity index (χ0n) is 17.3. The van der Waals surface area contributed by atoms with Crippen LogP contribution in [0.2, 0.25) is 0 Å². The molecular formula is C24H30N4OS. The number of rotatable bonds is 8. The van der Waals surface area contributed by atoms with Crippen molar-refractivity contribution in [3.8, 4) is 0 Å². The van der Waals surface area contributed by atoms with Crippen molar-refractivity contribution >= 4 is 17.3 Å². The third-order valence-corrected chi connectivity index (χ3v) is 6.15. The van der Waals surface area contributed by atoms with E-state index in [0.29, 0.717) is 12.6 Å². The van der Waals surface area contributed by atoms with Crippen LogP contribution in [0, 0.1) is 0 Å². The maximum absolute atomic E-state index is 5.44. The van der Waals surface area contributed by atoms with Gasteiger partial charge < -0.3 is 15.1 Å². The molecule has 2 N–H and O–H groups in total. The summed E-state index contributed by atoms with van der Waals surface area (Å²) in [4.78, 5) is 7.36. The summed E-state index contributed by atoms with van der Waals surface area (Å²) in [6, 6.07) is 17.3. The Kier molecular flexibility index (Phi) is 7.58. The van der Waals surface area contributed by atoms with Crippen LogP contribution in [0.5, 0.6) is 0 Å². The molecule has 0 atom stereocenters. The second-order valence-electron chi connectivity index (χ2n) is 7.73. The minimum absolute atomic E-state index is 0.453. The summed E-state index contributed by atoms with van der Waals surface area (Å²) in [5.74, 6) is 1.89. The molecule has 0 aliphatic carbocycles. The van der Waals surface area contributed by atoms with Gasteiger partial charge >= 0.3 is 0 Å². The molecule has 3 aromatic rings. The van der Waals surface area contributed by atoms with Gasteiger partial charge in [0.2, 0.25) is 0 Å². The number of benzene rings is 1. The molecule has 158 valence electrons. The van der Waals surface area contributed by atoms with E-state index in [0.717, 1.165) is 57.2 Å². The summed E-state index contributed by atoms with van der Waals surface area (Å²) in [7, 11) is 0. The predicted molar refractivity (Wildman–Crippen MR) is 124 cm³/mol. The van der Waals surface area contributed by atoms with Crippen LogP contribution in [0.3, 0.4) is 0 Å². The van der Waals surface area contributed by atoms with E-state index in [1.807, 2.05) is 12.1 Å². The number of piperidine rings is 1. The van der Waals surface area contributed by atoms with Gasteiger partial charge in [-0.1, -0.05) is 30.3 Å². The Hall–Kier alpha value is -2.57. The van der Waals surface area contributed by atoms with Crippen molar-refractivity contribution in [1.82, 2.24) is 15.5 Å². The highest BCUT2D eigenvalue weighted by atomic mass is 32.1. The molecule has 0 radical (unpaired) electrons. The van der Waals surface area contributed by atoms with Gasteiger partial charge in [-0.25, -0.2) is 4.99 Å². The summed E-state index contributed by atoms with van der Waals surface area (Å²) in [6.45, 7) is 4.75. The molecule has 1 aromatic carbocycles. The number of likely N-dealkylation sites (tertiary alicyclic amines) is 1. The van der Waals surface area contributed by atoms with Crippen LogP contribution in [0.4, 0.5) is 0 Å². The molecule has 0 saturated carbocycles. The van der Waals surface area contributed by atoms with Crippen LogP contribution in [-0.2, 0) is 19.5 Å². The van der Waals surface area contributed by atoms with Crippen LogP contribution < -0.4 is 10.6 Å². The molecule has 2 aromatic heterocycles. The van der Waals surface area contributed by atoms with E-state index in [2.05, 4.69) is 62.7 Å². The Morgan fingerprint density at radius 1 is 1.07 bits per heavy atom. The largest absolute Gasteiger partial charge is 0.469 e. The third kappa shape index (κ3) is 6.47. The lowest BCUT2D eigenvalue weighted by molar-refractivity contribution is 0.198. The smallest absolute Gasteiger partial charge is 0.191 e. The third-order valence-electron chi connectivity index (χ3n) is 5.42. The van der Waals surface area contributed by atoms with Crippen LogP contribution in [0.15, 0.2) is 75.0 Å². The zero-order chi connectivity index (χ0) is 20.4. The van der Waals surface area contributed by atoms with Crippen molar-refractivity contribution in [3.05, 3.63) is 82.4 Å². The summed E-state index contributed by atoms with van der Waals surface area (Å²) in [5.41, 5.74) is 2.64. The molecule has 0 spiro atoms. The molecule has 1 aliphatic rings. The number of guanidine groups is 1. The van der Waals surface area contributed by atoms with Gasteiger partial charge in [0, 0.05) is 38.6 Å². The van der Waals surface area contributed by atoms with Crippen molar-refractivity contribution in [3.63, 3.8) is 0 Å². The number of furan rings is 1. The van der Waals surface area contributed by atoms with Gasteiger partial charge in [-0.15, -0.1) is 0 Å². The lowest BCUT2D eigenvalue weighted by Crippen LogP contribution is -2.48. The van der Waals surface area contributed by atoms with Gasteiger partial charge in [-0.3, -0.25) is 4.90 Å². The molecule has 3 heterocycles. The monoisotopic (exact) mass is 422 g/mol. The van der Waals surface area contributed by atoms with Crippen molar-refractivity contribution in [2.75, 3.05) is 19.6 Å². The van der Waals surface area contributed by atoms with E-state index in [4.69, 9.17) is 9.41 Å². The second kappa shape index (κ2) is 11.0. The van der Waals surface area contributed by atoms with Gasteiger partial charge in [0.05, 0.1) is 12.8 Å². The molecule has 4 rings (SSSR count). The highest BCUT2D eigenvalue weighted by Gasteiger charge is 2.20. The molecule has 1 aliphatic heterocycles. The lowest BCUT2D eigenvalue weighted by Gasteiger charge is -2.33. The van der Waals surface area contributed by atoms with Crippen molar-refractivity contribution in [2.24, 2.45) is 4.99 Å². The fraction of sp³-hybridized carbons (Fsp3) is 0.375. The molecule has 5 nitrogen and oxygen atoms in total. The van der Waals surface area contributed by atoms with Gasteiger partial charge in [-0.05, 0) is 52.9 Å². The van der Waals surface area contributed by atoms with E-state index >= 15 is 0 Å². The number of nitrogens with zero attached hydrogens (tertiary/aromatic N) is 2. The zero-order valence-corrected chi connectivity index (χ0v) is 18.1. The van der Waals surface area contributed by atoms with Gasteiger partial charge in [-0.2, -0.15) is 11.3 Å². The van der Waals surface area contributed by atoms with Gasteiger partial charge in [0.15, 0.2) is 5.96 Å². The first-order chi connectivity index (χ1) is 14.8. The Morgan fingerprint density at radius 3 is 2.67 bits per heavy atom. The SMILES string of the molecule is c1ccc(CN2CCC(NC(=NCc3ccsc3)NCCc3ccco3)CC2)cc1. The standard InChI is InChI=1S/C24H30N4OS/c1-2-5-20(6-3-1)18-28-13-9-22(10-14-28)27-24(26-17-21-11-16-30-19-21)25-12-8-23-7-4-15-29-23/h1-7,11,15-16,19,22H,8-10,12-14,17-18H2,(H2,25,26,27). The molecule has 1 saturated heterocycles. The number of hydrogen-bond acceptors (Lipinski definition) is 4. The minimum Gasteiger partial charge on any atom is -0.469 e. The second-order valence-corrected chi connectivity index (χ2v) is 8.51. The molecule has 0 amide bonds. The highest BCUT2D eigenvalue weighted by Crippen LogP contribution is 2.14. The highest BCUT2D eigenvalue weighted by molar-refractivity contribution is 7.07. The van der Waals surface area contributed by atoms with E-state index in [-0.39, 0.29) is 0 Å². The fourth-order valence-electron chi connectivity index (χ4n) is 3.73. The Morgan fingerprint density at radius 2 is 1.93 bits per heavy atom. The van der Waals surface area contributed by atoms with Crippen molar-refractivity contribution in [1.29, 1.82) is 0 Å². The van der Waals surface area contributed by atoms with Gasteiger partial charge in [0.25, 0.3) is 0 Å². The van der Waals surface area contributed by atoms with E-state index in [9.17, 15) is 0 Å². The summed E-state index contributed by atoms with van der Waals surface area (Å²) in [6.07, 6.45) is 4.83. The first kappa shape index (κ1) is 20.7. The minimum atomic E-state index is 0.453. The van der Waals surface area contributed by atoms with Crippen LogP contribution in [0.25, 0.3) is 0 Å². The molecule has 0 bridgehead atoms. The number of nitrogens with one attached hydrogen (secondary N) is 2. The van der Waals surface area contributed by atoms with E-state index in [1.165, 1.54) is 11.1 Å². The van der Waals surface area contributed by atoms with E-state index < -0.39 is 0 Å². The first-order valence-electron chi connectivity index (χ1n) is 10.7. The average molecular weight is 423 g/mol. The fourth-order valence-corrected chi connectivity index (χ4v) is 4.39. The van der Waals surface area contributed by atoms with Crippen LogP contribution in [0.1, 0.15) is 29.7 Å². The van der Waals surface area contributed by atoms with Gasteiger partial charge in [0.1, 0.15) is 5.76 Å². The molecule has 0 unspecified atom stereocenters. The predicted octanol–water partition coefficient (Wildman–Crippen LogP) is 4.28. The average Bonchev–Trinajstić information content (AvgIpc) is 3.48. The van der Waals surface area contributed by atoms with E-state index in [1.54, 1.807) is 17.6 Å². The normalized spacial score (nSPS) is 15.9. The maximum atomic E-state index is 5.44. The summed E-state index contributed by atoms with van der Waals surface area (Å²) >= 11 is 1.72. The lowest BCUT2D eigenvalue weighted by atomic mass is 10.0. The molecule has 1 fully saturated rings. The molecule has 6 heteroatoms. The molecular weight excluding hydrogens is 392 g/mol. The summed E-state index contributed by atoms with van der Waals surface area (Å²) in [5, 5.41) is 11.4. The summed E-state index contributed by atoms with van der Waals surface area (Å²) < 4.78 is 5.44. The Balaban J connectivity index is 1.27. The molecule has 30 heavy (non-hydrogen) atoms.